The SMILES string of the molecule is Fc1ccc(CNCCN2CCC(F)CC2)cc1. The summed E-state index contributed by atoms with van der Waals surface area (Å²) in [4.78, 5) is 2.29. The fourth-order valence-electron chi connectivity index (χ4n) is 2.20. The Morgan fingerprint density at radius 3 is 2.50 bits per heavy atom. The van der Waals surface area contributed by atoms with E-state index in [0.717, 1.165) is 38.3 Å². The molecule has 18 heavy (non-hydrogen) atoms. The van der Waals surface area contributed by atoms with Gasteiger partial charge >= 0.3 is 0 Å². The number of likely N-dealkylation sites (tertiary alicyclic amines) is 1. The predicted molar refractivity (Wildman–Crippen MR) is 68.7 cm³/mol. The molecule has 0 unspecified atom stereocenters. The first-order chi connectivity index (χ1) is 8.74. The zero-order chi connectivity index (χ0) is 12.8. The Bertz CT molecular complexity index is 345. The monoisotopic (exact) mass is 254 g/mol. The summed E-state index contributed by atoms with van der Waals surface area (Å²) in [6, 6.07) is 6.53. The molecule has 1 saturated heterocycles. The zero-order valence-corrected chi connectivity index (χ0v) is 10.5. The average molecular weight is 254 g/mol. The van der Waals surface area contributed by atoms with E-state index in [1.54, 1.807) is 12.1 Å². The van der Waals surface area contributed by atoms with Crippen LogP contribution in [0, 0.1) is 5.82 Å². The first-order valence-electron chi connectivity index (χ1n) is 6.55. The van der Waals surface area contributed by atoms with Crippen LogP contribution in [0.3, 0.4) is 0 Å². The molecular weight excluding hydrogens is 234 g/mol. The molecule has 100 valence electrons. The molecule has 0 amide bonds. The molecule has 1 aromatic rings. The van der Waals surface area contributed by atoms with Gasteiger partial charge in [0.1, 0.15) is 12.0 Å². The zero-order valence-electron chi connectivity index (χ0n) is 10.5. The smallest absolute Gasteiger partial charge is 0.123 e. The minimum absolute atomic E-state index is 0.201. The second-order valence-electron chi connectivity index (χ2n) is 4.82. The van der Waals surface area contributed by atoms with Gasteiger partial charge in [0.15, 0.2) is 0 Å². The average Bonchev–Trinajstić information content (AvgIpc) is 2.39. The van der Waals surface area contributed by atoms with Crippen LogP contribution >= 0.6 is 0 Å². The summed E-state index contributed by atoms with van der Waals surface area (Å²) in [5, 5.41) is 3.32. The quantitative estimate of drug-likeness (QED) is 0.811. The summed E-state index contributed by atoms with van der Waals surface area (Å²) in [5.74, 6) is -0.201. The van der Waals surface area contributed by atoms with Crippen molar-refractivity contribution in [1.82, 2.24) is 10.2 Å². The summed E-state index contributed by atoms with van der Waals surface area (Å²) < 4.78 is 25.6. The van der Waals surface area contributed by atoms with Crippen molar-refractivity contribution in [3.63, 3.8) is 0 Å². The number of hydrogen-bond acceptors (Lipinski definition) is 2. The highest BCUT2D eigenvalue weighted by Crippen LogP contribution is 2.12. The molecule has 1 fully saturated rings. The lowest BCUT2D eigenvalue weighted by Crippen LogP contribution is -2.38. The van der Waals surface area contributed by atoms with Crippen LogP contribution in [0.15, 0.2) is 24.3 Å². The Balaban J connectivity index is 1.60. The van der Waals surface area contributed by atoms with Crippen molar-refractivity contribution in [3.8, 4) is 0 Å². The molecule has 2 nitrogen and oxygen atoms in total. The van der Waals surface area contributed by atoms with E-state index in [0.29, 0.717) is 12.8 Å². The van der Waals surface area contributed by atoms with E-state index in [2.05, 4.69) is 10.2 Å². The molecule has 1 heterocycles. The predicted octanol–water partition coefficient (Wildman–Crippen LogP) is 2.35. The minimum Gasteiger partial charge on any atom is -0.311 e. The van der Waals surface area contributed by atoms with Crippen molar-refractivity contribution < 1.29 is 8.78 Å². The molecule has 0 bridgehead atoms. The Hall–Kier alpha value is -1.00. The fraction of sp³-hybridized carbons (Fsp3) is 0.571. The second kappa shape index (κ2) is 6.81. The van der Waals surface area contributed by atoms with E-state index in [1.165, 1.54) is 12.1 Å². The summed E-state index contributed by atoms with van der Waals surface area (Å²) in [6.07, 6.45) is 0.726. The molecule has 2 rings (SSSR count). The summed E-state index contributed by atoms with van der Waals surface area (Å²) in [5.41, 5.74) is 1.08. The van der Waals surface area contributed by atoms with E-state index < -0.39 is 6.17 Å². The van der Waals surface area contributed by atoms with E-state index in [9.17, 15) is 8.78 Å². The Labute approximate surface area is 107 Å². The Morgan fingerprint density at radius 2 is 1.83 bits per heavy atom. The van der Waals surface area contributed by atoms with Crippen LogP contribution in [0.25, 0.3) is 0 Å². The first-order valence-corrected chi connectivity index (χ1v) is 6.55. The maximum atomic E-state index is 12.9. The highest BCUT2D eigenvalue weighted by atomic mass is 19.1. The van der Waals surface area contributed by atoms with E-state index >= 15 is 0 Å². The van der Waals surface area contributed by atoms with Crippen molar-refractivity contribution in [2.24, 2.45) is 0 Å². The van der Waals surface area contributed by atoms with E-state index in [-0.39, 0.29) is 5.82 Å². The lowest BCUT2D eigenvalue weighted by molar-refractivity contribution is 0.151. The number of benzene rings is 1. The van der Waals surface area contributed by atoms with Crippen molar-refractivity contribution in [2.45, 2.75) is 25.6 Å². The first kappa shape index (κ1) is 13.4. The third-order valence-corrected chi connectivity index (χ3v) is 3.36. The van der Waals surface area contributed by atoms with Gasteiger partial charge in [-0.25, -0.2) is 8.78 Å². The van der Waals surface area contributed by atoms with Gasteiger partial charge in [0.05, 0.1) is 0 Å². The number of halogens is 2. The van der Waals surface area contributed by atoms with Gasteiger partial charge < -0.3 is 10.2 Å². The maximum Gasteiger partial charge on any atom is 0.123 e. The maximum absolute atomic E-state index is 12.9. The van der Waals surface area contributed by atoms with Gasteiger partial charge in [-0.2, -0.15) is 0 Å². The molecule has 1 aliphatic heterocycles. The molecule has 0 spiro atoms. The number of nitrogens with one attached hydrogen (secondary N) is 1. The van der Waals surface area contributed by atoms with Crippen molar-refractivity contribution in [2.75, 3.05) is 26.2 Å². The molecule has 1 N–H and O–H groups in total. The highest BCUT2D eigenvalue weighted by Gasteiger charge is 2.17. The third kappa shape index (κ3) is 4.35. The topological polar surface area (TPSA) is 15.3 Å². The van der Waals surface area contributed by atoms with Gasteiger partial charge in [-0.05, 0) is 30.5 Å². The third-order valence-electron chi connectivity index (χ3n) is 3.36. The fourth-order valence-corrected chi connectivity index (χ4v) is 2.20. The van der Waals surface area contributed by atoms with Crippen molar-refractivity contribution in [1.29, 1.82) is 0 Å². The molecule has 0 radical (unpaired) electrons. The highest BCUT2D eigenvalue weighted by molar-refractivity contribution is 5.15. The largest absolute Gasteiger partial charge is 0.311 e. The number of hydrogen-bond donors (Lipinski definition) is 1. The van der Waals surface area contributed by atoms with E-state index in [4.69, 9.17) is 0 Å². The molecule has 0 atom stereocenters. The molecule has 4 heteroatoms. The molecule has 0 saturated carbocycles. The van der Waals surface area contributed by atoms with Crippen LogP contribution < -0.4 is 5.32 Å². The van der Waals surface area contributed by atoms with Crippen LogP contribution in [0.5, 0.6) is 0 Å². The van der Waals surface area contributed by atoms with Crippen LogP contribution in [0.1, 0.15) is 18.4 Å². The van der Waals surface area contributed by atoms with Crippen LogP contribution in [-0.2, 0) is 6.54 Å². The molecule has 0 aliphatic carbocycles. The Kier molecular flexibility index (Phi) is 5.08. The molecular formula is C14H20F2N2. The summed E-state index contributed by atoms with van der Waals surface area (Å²) in [6.45, 7) is 4.31. The van der Waals surface area contributed by atoms with E-state index in [1.807, 2.05) is 0 Å². The standard InChI is InChI=1S/C14H20F2N2/c15-13-3-1-12(2-4-13)11-17-7-10-18-8-5-14(16)6-9-18/h1-4,14,17H,5-11H2. The lowest BCUT2D eigenvalue weighted by Gasteiger charge is -2.28. The van der Waals surface area contributed by atoms with Crippen molar-refractivity contribution in [3.05, 3.63) is 35.6 Å². The van der Waals surface area contributed by atoms with Crippen LogP contribution in [0.4, 0.5) is 8.78 Å². The summed E-state index contributed by atoms with van der Waals surface area (Å²) in [7, 11) is 0. The summed E-state index contributed by atoms with van der Waals surface area (Å²) >= 11 is 0. The second-order valence-corrected chi connectivity index (χ2v) is 4.82. The normalized spacial score (nSPS) is 18.1. The molecule has 1 aliphatic rings. The number of nitrogens with zero attached hydrogens (tertiary/aromatic N) is 1. The van der Waals surface area contributed by atoms with Gasteiger partial charge in [-0.3, -0.25) is 0 Å². The van der Waals surface area contributed by atoms with Gasteiger partial charge in [-0.15, -0.1) is 0 Å². The van der Waals surface area contributed by atoms with Crippen LogP contribution in [-0.4, -0.2) is 37.3 Å². The van der Waals surface area contributed by atoms with Gasteiger partial charge in [0.25, 0.3) is 0 Å². The number of alkyl halides is 1. The van der Waals surface area contributed by atoms with Crippen LogP contribution in [0.2, 0.25) is 0 Å². The number of piperidine rings is 1. The van der Waals surface area contributed by atoms with Gasteiger partial charge in [0, 0.05) is 32.7 Å². The molecule has 1 aromatic carbocycles. The van der Waals surface area contributed by atoms with Crippen molar-refractivity contribution >= 4 is 0 Å². The van der Waals surface area contributed by atoms with Gasteiger partial charge in [0.2, 0.25) is 0 Å². The Morgan fingerprint density at radius 1 is 1.17 bits per heavy atom. The number of rotatable bonds is 5. The lowest BCUT2D eigenvalue weighted by atomic mass is 10.1. The molecule has 0 aromatic heterocycles. The van der Waals surface area contributed by atoms with Gasteiger partial charge in [-0.1, -0.05) is 12.1 Å². The minimum atomic E-state index is -0.603.